The van der Waals surface area contributed by atoms with Crippen LogP contribution in [0.2, 0.25) is 0 Å². The van der Waals surface area contributed by atoms with E-state index in [0.717, 1.165) is 25.5 Å². The van der Waals surface area contributed by atoms with E-state index in [9.17, 15) is 8.42 Å². The van der Waals surface area contributed by atoms with Gasteiger partial charge in [0.25, 0.3) is 0 Å². The van der Waals surface area contributed by atoms with Crippen molar-refractivity contribution in [2.75, 3.05) is 39.0 Å². The van der Waals surface area contributed by atoms with Crippen molar-refractivity contribution in [3.05, 3.63) is 35.4 Å². The molecule has 0 spiro atoms. The Morgan fingerprint density at radius 1 is 1.24 bits per heavy atom. The molecule has 1 aliphatic rings. The first kappa shape index (κ1) is 22.2. The van der Waals surface area contributed by atoms with Crippen LogP contribution in [0.4, 0.5) is 0 Å². The van der Waals surface area contributed by atoms with Gasteiger partial charge in [0, 0.05) is 39.8 Å². The number of nitrogens with zero attached hydrogens (tertiary/aromatic N) is 3. The molecule has 1 aromatic rings. The number of aliphatic imine (C=N–C) groups is 1. The van der Waals surface area contributed by atoms with E-state index in [1.807, 2.05) is 13.8 Å². The first-order valence-electron chi connectivity index (χ1n) is 8.52. The molecule has 6 nitrogen and oxygen atoms in total. The van der Waals surface area contributed by atoms with Crippen molar-refractivity contribution < 1.29 is 8.42 Å². The summed E-state index contributed by atoms with van der Waals surface area (Å²) < 4.78 is 26.0. The van der Waals surface area contributed by atoms with E-state index < -0.39 is 10.0 Å². The molecule has 0 aliphatic carbocycles. The van der Waals surface area contributed by atoms with E-state index in [4.69, 9.17) is 0 Å². The molecule has 142 valence electrons. The highest BCUT2D eigenvalue weighted by Gasteiger charge is 2.21. The first-order valence-corrected chi connectivity index (χ1v) is 10.1. The maximum atomic E-state index is 12.2. The molecule has 25 heavy (non-hydrogen) atoms. The lowest BCUT2D eigenvalue weighted by Gasteiger charge is -2.31. The van der Waals surface area contributed by atoms with Gasteiger partial charge >= 0.3 is 0 Å². The van der Waals surface area contributed by atoms with Crippen LogP contribution in [0.25, 0.3) is 0 Å². The van der Waals surface area contributed by atoms with E-state index in [1.165, 1.54) is 15.4 Å². The van der Waals surface area contributed by atoms with E-state index >= 15 is 0 Å². The minimum atomic E-state index is -3.21. The Morgan fingerprint density at radius 3 is 2.48 bits per heavy atom. The minimum absolute atomic E-state index is 0. The van der Waals surface area contributed by atoms with Crippen LogP contribution >= 0.6 is 24.0 Å². The van der Waals surface area contributed by atoms with Crippen LogP contribution in [0.3, 0.4) is 0 Å². The molecular weight excluding hydrogens is 451 g/mol. The summed E-state index contributed by atoms with van der Waals surface area (Å²) in [5, 5.41) is 3.20. The Morgan fingerprint density at radius 2 is 1.88 bits per heavy atom. The summed E-state index contributed by atoms with van der Waals surface area (Å²) in [6.45, 7) is 6.80. The number of guanidine groups is 1. The fraction of sp³-hybridized carbons (Fsp3) is 0.588. The molecule has 2 rings (SSSR count). The highest BCUT2D eigenvalue weighted by Crippen LogP contribution is 2.18. The Kier molecular flexibility index (Phi) is 9.15. The first-order chi connectivity index (χ1) is 11.5. The van der Waals surface area contributed by atoms with E-state index in [0.29, 0.717) is 19.6 Å². The molecule has 1 aromatic carbocycles. The number of benzene rings is 1. The van der Waals surface area contributed by atoms with Crippen LogP contribution in [0, 0.1) is 0 Å². The summed E-state index contributed by atoms with van der Waals surface area (Å²) in [6.07, 6.45) is 0.981. The van der Waals surface area contributed by atoms with Gasteiger partial charge in [-0.2, -0.15) is 0 Å². The van der Waals surface area contributed by atoms with Gasteiger partial charge < -0.3 is 10.2 Å². The average Bonchev–Trinajstić information content (AvgIpc) is 2.59. The van der Waals surface area contributed by atoms with Gasteiger partial charge in [-0.05, 0) is 17.5 Å². The number of nitrogens with one attached hydrogen (secondary N) is 1. The molecule has 1 heterocycles. The molecule has 0 amide bonds. The zero-order chi connectivity index (χ0) is 17.6. The maximum absolute atomic E-state index is 12.2. The van der Waals surface area contributed by atoms with Crippen molar-refractivity contribution in [1.29, 1.82) is 0 Å². The number of fused-ring (bicyclic) bond motifs is 1. The quantitative estimate of drug-likeness (QED) is 0.384. The van der Waals surface area contributed by atoms with Crippen LogP contribution in [0.1, 0.15) is 25.0 Å². The zero-order valence-electron chi connectivity index (χ0n) is 15.2. The molecule has 1 aliphatic heterocycles. The molecule has 0 unspecified atom stereocenters. The number of hydrogen-bond acceptors (Lipinski definition) is 3. The van der Waals surface area contributed by atoms with Gasteiger partial charge in [-0.25, -0.2) is 12.7 Å². The molecule has 0 saturated carbocycles. The van der Waals surface area contributed by atoms with Crippen LogP contribution in [-0.4, -0.2) is 62.6 Å². The Bertz CT molecular complexity index is 675. The molecule has 0 radical (unpaired) electrons. The van der Waals surface area contributed by atoms with Gasteiger partial charge in [-0.3, -0.25) is 4.99 Å². The van der Waals surface area contributed by atoms with Crippen molar-refractivity contribution in [2.24, 2.45) is 4.99 Å². The molecule has 0 aromatic heterocycles. The van der Waals surface area contributed by atoms with Crippen LogP contribution < -0.4 is 5.32 Å². The second-order valence-electron chi connectivity index (χ2n) is 5.81. The summed E-state index contributed by atoms with van der Waals surface area (Å²) in [5.41, 5.74) is 2.69. The van der Waals surface area contributed by atoms with Crippen molar-refractivity contribution in [1.82, 2.24) is 14.5 Å². The van der Waals surface area contributed by atoms with E-state index in [1.54, 1.807) is 7.05 Å². The second kappa shape index (κ2) is 10.3. The normalized spacial score (nSPS) is 14.9. The third-order valence-corrected chi connectivity index (χ3v) is 6.41. The van der Waals surface area contributed by atoms with Gasteiger partial charge in [-0.15, -0.1) is 24.0 Å². The van der Waals surface area contributed by atoms with Crippen molar-refractivity contribution in [3.8, 4) is 0 Å². The van der Waals surface area contributed by atoms with Crippen LogP contribution in [-0.2, 0) is 23.0 Å². The third-order valence-electron chi connectivity index (χ3n) is 4.38. The fourth-order valence-corrected chi connectivity index (χ4v) is 4.45. The van der Waals surface area contributed by atoms with Crippen molar-refractivity contribution >= 4 is 40.0 Å². The van der Waals surface area contributed by atoms with Gasteiger partial charge in [0.05, 0.1) is 5.75 Å². The lowest BCUT2D eigenvalue weighted by molar-refractivity contribution is 0.379. The number of hydrogen-bond donors (Lipinski definition) is 1. The number of halogens is 1. The lowest BCUT2D eigenvalue weighted by Crippen LogP contribution is -2.46. The van der Waals surface area contributed by atoms with Crippen LogP contribution in [0.5, 0.6) is 0 Å². The average molecular weight is 480 g/mol. The largest absolute Gasteiger partial charge is 0.355 e. The predicted molar refractivity (Wildman–Crippen MR) is 114 cm³/mol. The zero-order valence-corrected chi connectivity index (χ0v) is 18.4. The van der Waals surface area contributed by atoms with Gasteiger partial charge in [0.1, 0.15) is 0 Å². The molecule has 0 bridgehead atoms. The standard InChI is InChI=1S/C17H28N4O2S.HI/c1-4-21(5-2)24(22,23)13-11-19-17(18-3)20-12-10-15-8-6-7-9-16(15)14-20;/h6-9H,4-5,10-14H2,1-3H3,(H,18,19);1H. The van der Waals surface area contributed by atoms with E-state index in [2.05, 4.69) is 39.5 Å². The Balaban J connectivity index is 0.00000312. The monoisotopic (exact) mass is 480 g/mol. The number of sulfonamides is 1. The van der Waals surface area contributed by atoms with E-state index in [-0.39, 0.29) is 29.7 Å². The fourth-order valence-electron chi connectivity index (χ4n) is 3.05. The summed E-state index contributed by atoms with van der Waals surface area (Å²) >= 11 is 0. The summed E-state index contributed by atoms with van der Waals surface area (Å²) in [6, 6.07) is 8.42. The summed E-state index contributed by atoms with van der Waals surface area (Å²) in [5.74, 6) is 0.845. The minimum Gasteiger partial charge on any atom is -0.355 e. The second-order valence-corrected chi connectivity index (χ2v) is 7.90. The van der Waals surface area contributed by atoms with Crippen molar-refractivity contribution in [3.63, 3.8) is 0 Å². The highest BCUT2D eigenvalue weighted by atomic mass is 127. The predicted octanol–water partition coefficient (Wildman–Crippen LogP) is 1.91. The summed E-state index contributed by atoms with van der Waals surface area (Å²) in [4.78, 5) is 6.49. The highest BCUT2D eigenvalue weighted by molar-refractivity contribution is 14.0. The smallest absolute Gasteiger partial charge is 0.215 e. The third kappa shape index (κ3) is 5.82. The molecule has 0 atom stereocenters. The molecule has 0 fully saturated rings. The van der Waals surface area contributed by atoms with Crippen molar-refractivity contribution in [2.45, 2.75) is 26.8 Å². The Labute approximate surface area is 168 Å². The molecule has 0 saturated heterocycles. The summed E-state index contributed by atoms with van der Waals surface area (Å²) in [7, 11) is -1.47. The molecular formula is C17H29IN4O2S. The molecule has 8 heteroatoms. The van der Waals surface area contributed by atoms with Gasteiger partial charge in [0.2, 0.25) is 10.0 Å². The van der Waals surface area contributed by atoms with Gasteiger partial charge in [-0.1, -0.05) is 38.1 Å². The van der Waals surface area contributed by atoms with Gasteiger partial charge in [0.15, 0.2) is 5.96 Å². The molecule has 1 N–H and O–H groups in total. The Hall–Kier alpha value is -0.870. The SMILES string of the molecule is CCN(CC)S(=O)(=O)CCNC(=NC)N1CCc2ccccc2C1.I. The van der Waals surface area contributed by atoms with Crippen LogP contribution in [0.15, 0.2) is 29.3 Å². The number of rotatable bonds is 6. The lowest BCUT2D eigenvalue weighted by atomic mass is 10.0. The maximum Gasteiger partial charge on any atom is 0.215 e. The topological polar surface area (TPSA) is 65.0 Å².